The maximum atomic E-state index is 13.1. The normalized spacial score (nSPS) is 19.7. The highest BCUT2D eigenvalue weighted by atomic mass is 16.5. The summed E-state index contributed by atoms with van der Waals surface area (Å²) in [5.41, 5.74) is -0.229. The van der Waals surface area contributed by atoms with Crippen LogP contribution in [0.25, 0.3) is 0 Å². The number of rotatable bonds is 5. The second-order valence-corrected chi connectivity index (χ2v) is 7.89. The van der Waals surface area contributed by atoms with E-state index in [2.05, 4.69) is 20.8 Å². The third kappa shape index (κ3) is 4.04. The van der Waals surface area contributed by atoms with Crippen LogP contribution < -0.4 is 15.4 Å². The quantitative estimate of drug-likeness (QED) is 0.628. The second-order valence-electron chi connectivity index (χ2n) is 7.89. The number of imide groups is 2. The summed E-state index contributed by atoms with van der Waals surface area (Å²) in [6.45, 7) is 3.97. The van der Waals surface area contributed by atoms with Gasteiger partial charge in [-0.3, -0.25) is 34.6 Å². The van der Waals surface area contributed by atoms with Crippen LogP contribution in [0.4, 0.5) is 0 Å². The zero-order valence-electron chi connectivity index (χ0n) is 18.0. The van der Waals surface area contributed by atoms with Gasteiger partial charge in [-0.1, -0.05) is 6.07 Å². The number of ether oxygens (including phenoxy) is 1. The van der Waals surface area contributed by atoms with Crippen molar-refractivity contribution in [3.8, 4) is 5.88 Å². The van der Waals surface area contributed by atoms with Crippen molar-refractivity contribution in [1.82, 2.24) is 25.7 Å². The Morgan fingerprint density at radius 2 is 1.94 bits per heavy atom. The van der Waals surface area contributed by atoms with Crippen LogP contribution in [0.15, 0.2) is 30.3 Å². The molecule has 4 rings (SSSR count). The van der Waals surface area contributed by atoms with Crippen LogP contribution in [-0.2, 0) is 16.1 Å². The van der Waals surface area contributed by atoms with Crippen molar-refractivity contribution in [2.45, 2.75) is 38.8 Å². The highest BCUT2D eigenvalue weighted by Gasteiger charge is 2.48. The van der Waals surface area contributed by atoms with Crippen molar-refractivity contribution in [2.75, 3.05) is 6.61 Å². The van der Waals surface area contributed by atoms with E-state index in [4.69, 9.17) is 4.74 Å². The lowest BCUT2D eigenvalue weighted by Gasteiger charge is -2.39. The molecule has 0 saturated carbocycles. The lowest BCUT2D eigenvalue weighted by molar-refractivity contribution is -0.142. The number of hydrogen-bond donors (Lipinski definition) is 2. The van der Waals surface area contributed by atoms with Crippen molar-refractivity contribution < 1.29 is 28.7 Å². The summed E-state index contributed by atoms with van der Waals surface area (Å²) in [6.07, 6.45) is 0.342. The SMILES string of the molecule is CCOc1ccc(C(=O)NC(=O)c2ccc3c(c2)C(=O)N(C2(C)CCC(=O)NC2=O)C3)nn1. The topological polar surface area (TPSA) is 148 Å². The number of benzene rings is 1. The predicted octanol–water partition coefficient (Wildman–Crippen LogP) is 0.597. The first-order valence-corrected chi connectivity index (χ1v) is 10.3. The van der Waals surface area contributed by atoms with E-state index in [-0.39, 0.29) is 48.0 Å². The lowest BCUT2D eigenvalue weighted by Crippen LogP contribution is -2.61. The Hall–Kier alpha value is -4.15. The fraction of sp³-hybridized carbons (Fsp3) is 0.318. The van der Waals surface area contributed by atoms with Crippen molar-refractivity contribution in [1.29, 1.82) is 0 Å². The summed E-state index contributed by atoms with van der Waals surface area (Å²) >= 11 is 0. The number of aromatic nitrogens is 2. The Labute approximate surface area is 188 Å². The van der Waals surface area contributed by atoms with Crippen molar-refractivity contribution in [2.24, 2.45) is 0 Å². The van der Waals surface area contributed by atoms with E-state index in [9.17, 15) is 24.0 Å². The molecule has 1 atom stereocenters. The van der Waals surface area contributed by atoms with Gasteiger partial charge in [0.2, 0.25) is 11.8 Å². The van der Waals surface area contributed by atoms with Gasteiger partial charge >= 0.3 is 0 Å². The molecule has 0 aliphatic carbocycles. The molecule has 33 heavy (non-hydrogen) atoms. The molecular formula is C22H21N5O6. The molecule has 1 unspecified atom stereocenters. The largest absolute Gasteiger partial charge is 0.477 e. The molecule has 11 nitrogen and oxygen atoms in total. The summed E-state index contributed by atoms with van der Waals surface area (Å²) in [6, 6.07) is 7.34. The first kappa shape index (κ1) is 22.1. The number of amides is 5. The van der Waals surface area contributed by atoms with Crippen LogP contribution >= 0.6 is 0 Å². The molecule has 170 valence electrons. The molecule has 1 fully saturated rings. The molecule has 2 aliphatic rings. The van der Waals surface area contributed by atoms with Crippen LogP contribution in [0.2, 0.25) is 0 Å². The van der Waals surface area contributed by atoms with Crippen LogP contribution in [0.1, 0.15) is 63.5 Å². The summed E-state index contributed by atoms with van der Waals surface area (Å²) in [5, 5.41) is 12.0. The molecule has 0 bridgehead atoms. The summed E-state index contributed by atoms with van der Waals surface area (Å²) in [7, 11) is 0. The monoisotopic (exact) mass is 451 g/mol. The predicted molar refractivity (Wildman–Crippen MR) is 112 cm³/mol. The maximum absolute atomic E-state index is 13.1. The van der Waals surface area contributed by atoms with Gasteiger partial charge in [0.1, 0.15) is 5.54 Å². The average molecular weight is 451 g/mol. The van der Waals surface area contributed by atoms with Crippen LogP contribution in [0.5, 0.6) is 5.88 Å². The second kappa shape index (κ2) is 8.41. The minimum Gasteiger partial charge on any atom is -0.477 e. The molecule has 3 heterocycles. The van der Waals surface area contributed by atoms with Gasteiger partial charge in [0.25, 0.3) is 23.6 Å². The Bertz CT molecular complexity index is 1180. The minimum atomic E-state index is -1.17. The van der Waals surface area contributed by atoms with Crippen molar-refractivity contribution >= 4 is 29.5 Å². The van der Waals surface area contributed by atoms with Gasteiger partial charge in [0.15, 0.2) is 5.69 Å². The minimum absolute atomic E-state index is 0.0685. The zero-order valence-corrected chi connectivity index (χ0v) is 18.0. The molecule has 1 aromatic heterocycles. The third-order valence-electron chi connectivity index (χ3n) is 5.74. The Morgan fingerprint density at radius 3 is 2.61 bits per heavy atom. The van der Waals surface area contributed by atoms with Crippen LogP contribution in [-0.4, -0.2) is 56.8 Å². The molecular weight excluding hydrogens is 430 g/mol. The highest BCUT2D eigenvalue weighted by Crippen LogP contribution is 2.34. The van der Waals surface area contributed by atoms with Crippen LogP contribution in [0, 0.1) is 0 Å². The standard InChI is InChI=1S/C22H21N5O6/c1-3-33-17-7-6-15(25-26-17)19(30)24-18(29)12-4-5-13-11-27(20(31)14(13)10-12)22(2)9-8-16(28)23-21(22)32/h4-7,10H,3,8-9,11H2,1-2H3,(H,23,28,32)(H,24,29,30). The zero-order chi connectivity index (χ0) is 23.8. The lowest BCUT2D eigenvalue weighted by atomic mass is 9.89. The number of nitrogens with one attached hydrogen (secondary N) is 2. The first-order chi connectivity index (χ1) is 15.7. The number of carbonyl (C=O) groups excluding carboxylic acids is 5. The smallest absolute Gasteiger partial charge is 0.278 e. The van der Waals surface area contributed by atoms with E-state index in [0.717, 1.165) is 0 Å². The summed E-state index contributed by atoms with van der Waals surface area (Å²) < 4.78 is 5.17. The van der Waals surface area contributed by atoms with Crippen LogP contribution in [0.3, 0.4) is 0 Å². The number of piperidine rings is 1. The summed E-state index contributed by atoms with van der Waals surface area (Å²) in [5.74, 6) is -2.53. The van der Waals surface area contributed by atoms with E-state index in [0.29, 0.717) is 12.2 Å². The Kier molecular flexibility index (Phi) is 5.62. The van der Waals surface area contributed by atoms with Gasteiger partial charge in [-0.25, -0.2) is 0 Å². The van der Waals surface area contributed by atoms with E-state index < -0.39 is 29.2 Å². The molecule has 2 aliphatic heterocycles. The molecule has 1 aromatic carbocycles. The van der Waals surface area contributed by atoms with Gasteiger partial charge in [-0.15, -0.1) is 10.2 Å². The van der Waals surface area contributed by atoms with E-state index in [1.165, 1.54) is 29.2 Å². The van der Waals surface area contributed by atoms with Gasteiger partial charge in [0, 0.05) is 30.2 Å². The number of nitrogens with zero attached hydrogens (tertiary/aromatic N) is 3. The van der Waals surface area contributed by atoms with Crippen molar-refractivity contribution in [3.05, 3.63) is 52.7 Å². The van der Waals surface area contributed by atoms with E-state index in [1.54, 1.807) is 19.9 Å². The molecule has 0 spiro atoms. The number of carbonyl (C=O) groups is 5. The number of hydrogen-bond acceptors (Lipinski definition) is 8. The highest BCUT2D eigenvalue weighted by molar-refractivity contribution is 6.11. The van der Waals surface area contributed by atoms with Gasteiger partial charge in [-0.2, -0.15) is 0 Å². The van der Waals surface area contributed by atoms with Gasteiger partial charge in [0.05, 0.1) is 6.61 Å². The fourth-order valence-corrected chi connectivity index (χ4v) is 3.80. The first-order valence-electron chi connectivity index (χ1n) is 10.3. The Morgan fingerprint density at radius 1 is 1.15 bits per heavy atom. The average Bonchev–Trinajstić information content (AvgIpc) is 3.13. The fourth-order valence-electron chi connectivity index (χ4n) is 3.80. The van der Waals surface area contributed by atoms with E-state index >= 15 is 0 Å². The number of fused-ring (bicyclic) bond motifs is 1. The third-order valence-corrected chi connectivity index (χ3v) is 5.74. The molecule has 2 aromatic rings. The molecule has 11 heteroatoms. The molecule has 2 N–H and O–H groups in total. The Balaban J connectivity index is 1.49. The van der Waals surface area contributed by atoms with Crippen molar-refractivity contribution in [3.63, 3.8) is 0 Å². The maximum Gasteiger partial charge on any atom is 0.278 e. The molecule has 1 saturated heterocycles. The van der Waals surface area contributed by atoms with E-state index in [1.807, 2.05) is 0 Å². The molecule has 5 amide bonds. The van der Waals surface area contributed by atoms with Gasteiger partial charge in [-0.05, 0) is 44.0 Å². The summed E-state index contributed by atoms with van der Waals surface area (Å²) in [4.78, 5) is 63.4. The molecule has 0 radical (unpaired) electrons. The van der Waals surface area contributed by atoms with Gasteiger partial charge < -0.3 is 9.64 Å².